The first-order valence-electron chi connectivity index (χ1n) is 10.0. The number of anilines is 1. The number of alkyl halides is 1. The van der Waals surface area contributed by atoms with Crippen molar-refractivity contribution in [3.63, 3.8) is 0 Å². The van der Waals surface area contributed by atoms with Crippen LogP contribution < -0.4 is 15.0 Å². The van der Waals surface area contributed by atoms with Gasteiger partial charge in [0.1, 0.15) is 29.7 Å². The van der Waals surface area contributed by atoms with E-state index in [1.807, 2.05) is 6.92 Å². The standard InChI is InChI=1S/C22H23ClFN3O3/c1-13-12-30-22-18(27(13)19(28)10-23)9-16(8-14-4-6-17(24)7-5-14)20(26-22)21(29)25-11-15-2-3-15/h4-7,9,13,15H,2-3,8,10-12H2,1H3,(H,25,29)/t13-/m0/s1. The maximum Gasteiger partial charge on any atom is 0.270 e. The Morgan fingerprint density at radius 1 is 1.30 bits per heavy atom. The molecule has 2 aromatic rings. The molecule has 6 nitrogen and oxygen atoms in total. The van der Waals surface area contributed by atoms with Gasteiger partial charge in [-0.2, -0.15) is 0 Å². The highest BCUT2D eigenvalue weighted by Crippen LogP contribution is 2.35. The number of hydrogen-bond donors (Lipinski definition) is 1. The maximum atomic E-state index is 13.3. The molecule has 2 heterocycles. The molecule has 1 fully saturated rings. The summed E-state index contributed by atoms with van der Waals surface area (Å²) in [7, 11) is 0. The Hall–Kier alpha value is -2.67. The van der Waals surface area contributed by atoms with Gasteiger partial charge < -0.3 is 15.0 Å². The van der Waals surface area contributed by atoms with Crippen LogP contribution in [0, 0.1) is 11.7 Å². The van der Waals surface area contributed by atoms with E-state index in [4.69, 9.17) is 16.3 Å². The predicted molar refractivity (Wildman–Crippen MR) is 112 cm³/mol. The summed E-state index contributed by atoms with van der Waals surface area (Å²) in [4.78, 5) is 31.4. The van der Waals surface area contributed by atoms with Crippen molar-refractivity contribution in [1.29, 1.82) is 0 Å². The summed E-state index contributed by atoms with van der Waals surface area (Å²) in [5, 5.41) is 2.94. The SMILES string of the molecule is C[C@H]1COc2nc(C(=O)NCC3CC3)c(Cc3ccc(F)cc3)cc2N1C(=O)CCl. The zero-order valence-electron chi connectivity index (χ0n) is 16.7. The van der Waals surface area contributed by atoms with E-state index < -0.39 is 0 Å². The monoisotopic (exact) mass is 431 g/mol. The lowest BCUT2D eigenvalue weighted by molar-refractivity contribution is -0.117. The first kappa shape index (κ1) is 20.6. The normalized spacial score (nSPS) is 17.8. The van der Waals surface area contributed by atoms with Crippen LogP contribution >= 0.6 is 11.6 Å². The van der Waals surface area contributed by atoms with Crippen molar-refractivity contribution in [2.75, 3.05) is 23.9 Å². The number of halogens is 2. The number of benzene rings is 1. The highest BCUT2D eigenvalue weighted by molar-refractivity contribution is 6.29. The number of fused-ring (bicyclic) bond motifs is 1. The van der Waals surface area contributed by atoms with Gasteiger partial charge in [0.25, 0.3) is 5.91 Å². The highest BCUT2D eigenvalue weighted by Gasteiger charge is 2.32. The second-order valence-electron chi connectivity index (χ2n) is 7.83. The van der Waals surface area contributed by atoms with Crippen LogP contribution in [0.25, 0.3) is 0 Å². The number of carbonyl (C=O) groups excluding carboxylic acids is 2. The van der Waals surface area contributed by atoms with Crippen LogP contribution in [0.2, 0.25) is 0 Å². The van der Waals surface area contributed by atoms with Crippen molar-refractivity contribution in [3.8, 4) is 5.88 Å². The number of ether oxygens (including phenoxy) is 1. The predicted octanol–water partition coefficient (Wildman–Crippen LogP) is 3.30. The molecule has 0 spiro atoms. The Labute approximate surface area is 179 Å². The van der Waals surface area contributed by atoms with Crippen LogP contribution in [0.1, 0.15) is 41.4 Å². The van der Waals surface area contributed by atoms with Gasteiger partial charge in [0.05, 0.1) is 6.04 Å². The van der Waals surface area contributed by atoms with E-state index in [1.54, 1.807) is 23.1 Å². The summed E-state index contributed by atoms with van der Waals surface area (Å²) in [6.45, 7) is 2.74. The van der Waals surface area contributed by atoms with Gasteiger partial charge >= 0.3 is 0 Å². The Balaban J connectivity index is 1.73. The van der Waals surface area contributed by atoms with Crippen LogP contribution in [-0.4, -0.2) is 41.9 Å². The average Bonchev–Trinajstić information content (AvgIpc) is 3.57. The molecule has 4 rings (SSSR count). The molecular weight excluding hydrogens is 409 g/mol. The second kappa shape index (κ2) is 8.60. The molecule has 30 heavy (non-hydrogen) atoms. The average molecular weight is 432 g/mol. The fourth-order valence-electron chi connectivity index (χ4n) is 3.56. The van der Waals surface area contributed by atoms with E-state index in [0.29, 0.717) is 30.1 Å². The van der Waals surface area contributed by atoms with Crippen molar-refractivity contribution in [2.45, 2.75) is 32.2 Å². The number of pyridine rings is 1. The Kier molecular flexibility index (Phi) is 5.90. The van der Waals surface area contributed by atoms with Gasteiger partial charge in [-0.25, -0.2) is 9.37 Å². The molecule has 0 saturated heterocycles. The Morgan fingerprint density at radius 2 is 2.03 bits per heavy atom. The van der Waals surface area contributed by atoms with E-state index in [9.17, 15) is 14.0 Å². The molecule has 1 aromatic heterocycles. The molecule has 1 aromatic carbocycles. The summed E-state index contributed by atoms with van der Waals surface area (Å²) >= 11 is 5.81. The molecule has 2 aliphatic rings. The molecule has 8 heteroatoms. The molecule has 1 aliphatic carbocycles. The van der Waals surface area contributed by atoms with Crippen molar-refractivity contribution in [3.05, 3.63) is 53.0 Å². The van der Waals surface area contributed by atoms with Gasteiger partial charge in [0, 0.05) is 6.54 Å². The van der Waals surface area contributed by atoms with Gasteiger partial charge in [-0.3, -0.25) is 9.59 Å². The smallest absolute Gasteiger partial charge is 0.270 e. The second-order valence-corrected chi connectivity index (χ2v) is 8.10. The minimum atomic E-state index is -0.328. The van der Waals surface area contributed by atoms with Crippen LogP contribution in [0.4, 0.5) is 10.1 Å². The largest absolute Gasteiger partial charge is 0.474 e. The number of rotatable bonds is 6. The molecule has 2 amide bonds. The van der Waals surface area contributed by atoms with Crippen molar-refractivity contribution in [2.24, 2.45) is 5.92 Å². The van der Waals surface area contributed by atoms with Crippen LogP contribution in [-0.2, 0) is 11.2 Å². The number of hydrogen-bond acceptors (Lipinski definition) is 4. The molecule has 1 aliphatic heterocycles. The van der Waals surface area contributed by atoms with Crippen molar-refractivity contribution >= 4 is 29.1 Å². The zero-order chi connectivity index (χ0) is 21.3. The first-order chi connectivity index (χ1) is 14.5. The number of aromatic nitrogens is 1. The quantitative estimate of drug-likeness (QED) is 0.712. The molecule has 158 valence electrons. The van der Waals surface area contributed by atoms with Gasteiger partial charge in [0.15, 0.2) is 0 Å². The van der Waals surface area contributed by atoms with E-state index in [-0.39, 0.29) is 47.7 Å². The number of nitrogens with one attached hydrogen (secondary N) is 1. The summed E-state index contributed by atoms with van der Waals surface area (Å²) in [6, 6.07) is 7.64. The molecule has 1 saturated carbocycles. The Morgan fingerprint density at radius 3 is 2.70 bits per heavy atom. The third-order valence-electron chi connectivity index (χ3n) is 5.36. The fraction of sp³-hybridized carbons (Fsp3) is 0.409. The van der Waals surface area contributed by atoms with E-state index >= 15 is 0 Å². The fourth-order valence-corrected chi connectivity index (χ4v) is 3.69. The van der Waals surface area contributed by atoms with Crippen molar-refractivity contribution in [1.82, 2.24) is 10.3 Å². The number of amides is 2. The first-order valence-corrected chi connectivity index (χ1v) is 10.6. The Bertz CT molecular complexity index is 963. The molecule has 0 unspecified atom stereocenters. The third-order valence-corrected chi connectivity index (χ3v) is 5.59. The molecule has 1 N–H and O–H groups in total. The zero-order valence-corrected chi connectivity index (χ0v) is 17.4. The minimum Gasteiger partial charge on any atom is -0.474 e. The van der Waals surface area contributed by atoms with E-state index in [0.717, 1.165) is 18.4 Å². The summed E-state index contributed by atoms with van der Waals surface area (Å²) in [6.07, 6.45) is 2.61. The minimum absolute atomic E-state index is 0.166. The summed E-state index contributed by atoms with van der Waals surface area (Å²) in [5.74, 6) is -0.257. The van der Waals surface area contributed by atoms with Gasteiger partial charge in [-0.15, -0.1) is 11.6 Å². The number of nitrogens with zero attached hydrogens (tertiary/aromatic N) is 2. The summed E-state index contributed by atoms with van der Waals surface area (Å²) < 4.78 is 19.0. The van der Waals surface area contributed by atoms with E-state index in [1.165, 1.54) is 12.1 Å². The molecule has 1 atom stereocenters. The number of carbonyl (C=O) groups is 2. The third kappa shape index (κ3) is 4.41. The van der Waals surface area contributed by atoms with Crippen LogP contribution in [0.3, 0.4) is 0 Å². The lowest BCUT2D eigenvalue weighted by Crippen LogP contribution is -2.46. The lowest BCUT2D eigenvalue weighted by Gasteiger charge is -2.34. The topological polar surface area (TPSA) is 71.5 Å². The van der Waals surface area contributed by atoms with E-state index in [2.05, 4.69) is 10.3 Å². The molecule has 0 radical (unpaired) electrons. The molecule has 0 bridgehead atoms. The van der Waals surface area contributed by atoms with Crippen LogP contribution in [0.5, 0.6) is 5.88 Å². The highest BCUT2D eigenvalue weighted by atomic mass is 35.5. The van der Waals surface area contributed by atoms with Gasteiger partial charge in [0.2, 0.25) is 11.8 Å². The lowest BCUT2D eigenvalue weighted by atomic mass is 10.0. The maximum absolute atomic E-state index is 13.3. The molecular formula is C22H23ClFN3O3. The van der Waals surface area contributed by atoms with Crippen LogP contribution in [0.15, 0.2) is 30.3 Å². The van der Waals surface area contributed by atoms with Gasteiger partial charge in [-0.1, -0.05) is 12.1 Å². The van der Waals surface area contributed by atoms with Crippen molar-refractivity contribution < 1.29 is 18.7 Å². The van der Waals surface area contributed by atoms with Gasteiger partial charge in [-0.05, 0) is 61.4 Å². The summed E-state index contributed by atoms with van der Waals surface area (Å²) in [5.41, 5.74) is 2.22.